The largest absolute Gasteiger partial charge is 0.450 e. The molecule has 1 aliphatic heterocycles. The third-order valence-electron chi connectivity index (χ3n) is 4.32. The van der Waals surface area contributed by atoms with Crippen molar-refractivity contribution >= 4 is 41.9 Å². The van der Waals surface area contributed by atoms with Crippen LogP contribution in [0.25, 0.3) is 0 Å². The summed E-state index contributed by atoms with van der Waals surface area (Å²) >= 11 is 0. The molecule has 1 aliphatic rings. The Morgan fingerprint density at radius 2 is 1.79 bits per heavy atom. The first-order valence-electron chi connectivity index (χ1n) is 9.36. The predicted octanol–water partition coefficient (Wildman–Crippen LogP) is 1.82. The van der Waals surface area contributed by atoms with Crippen LogP contribution in [-0.2, 0) is 4.74 Å². The molecule has 156 valence electrons. The summed E-state index contributed by atoms with van der Waals surface area (Å²) in [7, 11) is 1.71. The molecule has 1 aromatic carbocycles. The Kier molecular flexibility index (Phi) is 11.3. The van der Waals surface area contributed by atoms with Gasteiger partial charge in [0.25, 0.3) is 5.91 Å². The van der Waals surface area contributed by atoms with Crippen molar-refractivity contribution < 1.29 is 14.3 Å². The summed E-state index contributed by atoms with van der Waals surface area (Å²) < 4.78 is 5.03. The maximum Gasteiger partial charge on any atom is 0.409 e. The Morgan fingerprint density at radius 3 is 2.39 bits per heavy atom. The minimum absolute atomic E-state index is 0. The molecule has 1 aromatic rings. The number of aliphatic imine (C=N–C) groups is 1. The van der Waals surface area contributed by atoms with E-state index in [1.807, 2.05) is 25.1 Å². The number of amides is 2. The van der Waals surface area contributed by atoms with Gasteiger partial charge in [-0.15, -0.1) is 24.0 Å². The van der Waals surface area contributed by atoms with Crippen molar-refractivity contribution in [1.29, 1.82) is 0 Å². The highest BCUT2D eigenvalue weighted by Gasteiger charge is 2.23. The second-order valence-electron chi connectivity index (χ2n) is 6.23. The van der Waals surface area contributed by atoms with Crippen LogP contribution < -0.4 is 16.0 Å². The molecular weight excluding hydrogens is 473 g/mol. The predicted molar refractivity (Wildman–Crippen MR) is 120 cm³/mol. The van der Waals surface area contributed by atoms with Gasteiger partial charge in [-0.25, -0.2) is 4.79 Å². The normalized spacial score (nSPS) is 14.6. The quantitative estimate of drug-likeness (QED) is 0.238. The molecule has 0 atom stereocenters. The number of likely N-dealkylation sites (tertiary alicyclic amines) is 1. The molecule has 0 spiro atoms. The Balaban J connectivity index is 0.00000392. The van der Waals surface area contributed by atoms with E-state index in [9.17, 15) is 9.59 Å². The molecule has 9 heteroatoms. The van der Waals surface area contributed by atoms with Gasteiger partial charge < -0.3 is 25.6 Å². The second kappa shape index (κ2) is 13.2. The van der Waals surface area contributed by atoms with Gasteiger partial charge in [0.05, 0.1) is 6.61 Å². The van der Waals surface area contributed by atoms with Crippen LogP contribution in [0.15, 0.2) is 35.3 Å². The van der Waals surface area contributed by atoms with Crippen molar-refractivity contribution in [3.05, 3.63) is 35.9 Å². The molecule has 28 heavy (non-hydrogen) atoms. The number of halogens is 1. The zero-order valence-corrected chi connectivity index (χ0v) is 18.8. The molecule has 0 bridgehead atoms. The molecule has 3 N–H and O–H groups in total. The molecule has 2 rings (SSSR count). The van der Waals surface area contributed by atoms with E-state index in [1.54, 1.807) is 24.1 Å². The number of hydrogen-bond donors (Lipinski definition) is 3. The molecule has 1 saturated heterocycles. The average molecular weight is 503 g/mol. The monoisotopic (exact) mass is 503 g/mol. The van der Waals surface area contributed by atoms with Crippen LogP contribution in [0, 0.1) is 0 Å². The van der Waals surface area contributed by atoms with Crippen LogP contribution in [0.4, 0.5) is 4.79 Å². The lowest BCUT2D eigenvalue weighted by Crippen LogP contribution is -2.50. The number of rotatable bonds is 6. The fraction of sp³-hybridized carbons (Fsp3) is 0.526. The van der Waals surface area contributed by atoms with E-state index < -0.39 is 0 Å². The molecule has 0 radical (unpaired) electrons. The molecule has 0 aromatic heterocycles. The van der Waals surface area contributed by atoms with Gasteiger partial charge in [0, 0.05) is 44.8 Å². The van der Waals surface area contributed by atoms with E-state index in [0.717, 1.165) is 12.8 Å². The lowest BCUT2D eigenvalue weighted by atomic mass is 10.1. The summed E-state index contributed by atoms with van der Waals surface area (Å²) in [6.07, 6.45) is 1.43. The number of ether oxygens (including phenoxy) is 1. The van der Waals surface area contributed by atoms with Crippen molar-refractivity contribution in [2.75, 3.05) is 39.8 Å². The minimum atomic E-state index is -0.243. The lowest BCUT2D eigenvalue weighted by molar-refractivity contribution is 0.0948. The third-order valence-corrected chi connectivity index (χ3v) is 4.32. The van der Waals surface area contributed by atoms with E-state index >= 15 is 0 Å². The summed E-state index contributed by atoms with van der Waals surface area (Å²) in [5.74, 6) is 0.602. The summed E-state index contributed by atoms with van der Waals surface area (Å²) in [5, 5.41) is 9.43. The van der Waals surface area contributed by atoms with Crippen molar-refractivity contribution in [2.45, 2.75) is 25.8 Å². The highest BCUT2D eigenvalue weighted by Crippen LogP contribution is 2.11. The van der Waals surface area contributed by atoms with E-state index in [-0.39, 0.29) is 42.0 Å². The zero-order valence-electron chi connectivity index (χ0n) is 16.4. The summed E-state index contributed by atoms with van der Waals surface area (Å²) in [4.78, 5) is 29.7. The Labute approximate surface area is 183 Å². The SMILES string of the molecule is CCOC(=O)N1CCC(NC(=NC)NCCNC(=O)c2ccccc2)CC1.I. The number of guanidine groups is 1. The van der Waals surface area contributed by atoms with Gasteiger partial charge in [0.2, 0.25) is 0 Å². The van der Waals surface area contributed by atoms with Gasteiger partial charge in [0.1, 0.15) is 0 Å². The highest BCUT2D eigenvalue weighted by atomic mass is 127. The van der Waals surface area contributed by atoms with Crippen molar-refractivity contribution in [3.8, 4) is 0 Å². The Bertz CT molecular complexity index is 634. The fourth-order valence-corrected chi connectivity index (χ4v) is 2.86. The molecule has 1 heterocycles. The molecule has 0 aliphatic carbocycles. The Morgan fingerprint density at radius 1 is 1.14 bits per heavy atom. The van der Waals surface area contributed by atoms with E-state index in [2.05, 4.69) is 20.9 Å². The minimum Gasteiger partial charge on any atom is -0.450 e. The van der Waals surface area contributed by atoms with Crippen molar-refractivity contribution in [3.63, 3.8) is 0 Å². The first kappa shape index (κ1) is 24.0. The van der Waals surface area contributed by atoms with Crippen LogP contribution in [-0.4, -0.2) is 68.7 Å². The number of carbonyl (C=O) groups is 2. The van der Waals surface area contributed by atoms with Crippen LogP contribution in [0.5, 0.6) is 0 Å². The van der Waals surface area contributed by atoms with Gasteiger partial charge in [0.15, 0.2) is 5.96 Å². The fourth-order valence-electron chi connectivity index (χ4n) is 2.86. The van der Waals surface area contributed by atoms with Crippen LogP contribution in [0.1, 0.15) is 30.1 Å². The average Bonchev–Trinajstić information content (AvgIpc) is 2.71. The van der Waals surface area contributed by atoms with Gasteiger partial charge in [-0.3, -0.25) is 9.79 Å². The van der Waals surface area contributed by atoms with Crippen LogP contribution >= 0.6 is 24.0 Å². The number of piperidine rings is 1. The van der Waals surface area contributed by atoms with Gasteiger partial charge in [-0.05, 0) is 31.9 Å². The highest BCUT2D eigenvalue weighted by molar-refractivity contribution is 14.0. The van der Waals surface area contributed by atoms with Crippen molar-refractivity contribution in [2.24, 2.45) is 4.99 Å². The first-order chi connectivity index (χ1) is 13.1. The maximum absolute atomic E-state index is 12.0. The van der Waals surface area contributed by atoms with E-state index in [0.29, 0.717) is 44.3 Å². The van der Waals surface area contributed by atoms with Crippen molar-refractivity contribution in [1.82, 2.24) is 20.9 Å². The summed E-state index contributed by atoms with van der Waals surface area (Å²) in [6.45, 7) is 4.61. The molecule has 1 fully saturated rings. The topological polar surface area (TPSA) is 95.1 Å². The van der Waals surface area contributed by atoms with Gasteiger partial charge >= 0.3 is 6.09 Å². The standard InChI is InChI=1S/C19H29N5O3.HI/c1-3-27-19(26)24-13-9-16(10-14-24)23-18(20-2)22-12-11-21-17(25)15-7-5-4-6-8-15;/h4-8,16H,3,9-14H2,1-2H3,(H,21,25)(H2,20,22,23);1H. The number of hydrogen-bond acceptors (Lipinski definition) is 4. The molecular formula is C19H30IN5O3. The van der Waals surface area contributed by atoms with Gasteiger partial charge in [-0.2, -0.15) is 0 Å². The second-order valence-corrected chi connectivity index (χ2v) is 6.23. The molecule has 0 unspecified atom stereocenters. The third kappa shape index (κ3) is 7.91. The lowest BCUT2D eigenvalue weighted by Gasteiger charge is -2.32. The zero-order chi connectivity index (χ0) is 19.5. The van der Waals surface area contributed by atoms with E-state index in [1.165, 1.54) is 0 Å². The van der Waals surface area contributed by atoms with Crippen LogP contribution in [0.2, 0.25) is 0 Å². The summed E-state index contributed by atoms with van der Waals surface area (Å²) in [5.41, 5.74) is 0.647. The number of carbonyl (C=O) groups excluding carboxylic acids is 2. The number of benzene rings is 1. The van der Waals surface area contributed by atoms with Crippen LogP contribution in [0.3, 0.4) is 0 Å². The maximum atomic E-state index is 12.0. The summed E-state index contributed by atoms with van der Waals surface area (Å²) in [6, 6.07) is 9.38. The smallest absolute Gasteiger partial charge is 0.409 e. The number of nitrogens with zero attached hydrogens (tertiary/aromatic N) is 2. The molecule has 0 saturated carbocycles. The first-order valence-corrected chi connectivity index (χ1v) is 9.36. The number of nitrogens with one attached hydrogen (secondary N) is 3. The molecule has 8 nitrogen and oxygen atoms in total. The van der Waals surface area contributed by atoms with Gasteiger partial charge in [-0.1, -0.05) is 18.2 Å². The Hall–Kier alpha value is -2.04. The molecule has 2 amide bonds. The van der Waals surface area contributed by atoms with E-state index in [4.69, 9.17) is 4.74 Å².